The van der Waals surface area contributed by atoms with Crippen molar-refractivity contribution >= 4 is 15.7 Å². The maximum Gasteiger partial charge on any atom is 0.200 e. The van der Waals surface area contributed by atoms with E-state index in [2.05, 4.69) is 52.9 Å². The van der Waals surface area contributed by atoms with Crippen molar-refractivity contribution in [3.05, 3.63) is 12.2 Å². The van der Waals surface area contributed by atoms with E-state index >= 15 is 0 Å². The molecule has 0 bridgehead atoms. The average molecular weight is 547 g/mol. The molecule has 0 aromatic rings. The van der Waals surface area contributed by atoms with Crippen LogP contribution in [0.3, 0.4) is 0 Å². The van der Waals surface area contributed by atoms with Gasteiger partial charge in [0.2, 0.25) is 0 Å². The van der Waals surface area contributed by atoms with E-state index in [1.165, 1.54) is 19.3 Å². The summed E-state index contributed by atoms with van der Waals surface area (Å²) >= 11 is 0. The highest BCUT2D eigenvalue weighted by molar-refractivity contribution is 7.57. The molecule has 1 rings (SSSR count). The molecule has 0 amide bonds. The van der Waals surface area contributed by atoms with Crippen LogP contribution in [0.5, 0.6) is 0 Å². The number of hydrogen-bond donors (Lipinski definition) is 1. The van der Waals surface area contributed by atoms with Crippen molar-refractivity contribution in [3.8, 4) is 0 Å². The van der Waals surface area contributed by atoms with E-state index < -0.39 is 15.7 Å². The minimum absolute atomic E-state index is 0.155. The second-order valence-corrected chi connectivity index (χ2v) is 19.9. The lowest BCUT2D eigenvalue weighted by atomic mass is 9.87. The van der Waals surface area contributed by atoms with Crippen molar-refractivity contribution in [2.24, 2.45) is 11.8 Å². The first-order valence-electron chi connectivity index (χ1n) is 14.5. The molecule has 214 valence electrons. The third-order valence-corrected chi connectivity index (χ3v) is 15.2. The SMILES string of the molecule is CCCCC[C@@H](/C=C/[C@H]1[C@H](OC)CC(O[Si](C)(C)C(C)(C)C)[C@@H]1CCCCCCP(=O)(O)CC)OC. The minimum Gasteiger partial charge on any atom is -0.414 e. The van der Waals surface area contributed by atoms with Gasteiger partial charge in [-0.05, 0) is 49.7 Å². The van der Waals surface area contributed by atoms with Gasteiger partial charge < -0.3 is 18.8 Å². The summed E-state index contributed by atoms with van der Waals surface area (Å²) in [6.07, 6.45) is 16.9. The first-order chi connectivity index (χ1) is 16.8. The number of rotatable bonds is 18. The molecule has 1 aliphatic rings. The van der Waals surface area contributed by atoms with Gasteiger partial charge in [0.15, 0.2) is 15.7 Å². The Kier molecular flexibility index (Phi) is 15.3. The molecule has 36 heavy (non-hydrogen) atoms. The Bertz CT molecular complexity index is 675. The summed E-state index contributed by atoms with van der Waals surface area (Å²) in [7, 11) is -1.15. The van der Waals surface area contributed by atoms with Crippen LogP contribution in [0.15, 0.2) is 12.2 Å². The van der Waals surface area contributed by atoms with Crippen LogP contribution in [-0.4, -0.2) is 58.1 Å². The monoisotopic (exact) mass is 546 g/mol. The van der Waals surface area contributed by atoms with Crippen LogP contribution in [0.1, 0.15) is 98.8 Å². The van der Waals surface area contributed by atoms with Gasteiger partial charge in [-0.1, -0.05) is 85.3 Å². The minimum atomic E-state index is -2.90. The summed E-state index contributed by atoms with van der Waals surface area (Å²) < 4.78 is 30.8. The van der Waals surface area contributed by atoms with Crippen molar-refractivity contribution < 1.29 is 23.4 Å². The third kappa shape index (κ3) is 11.4. The molecule has 6 atom stereocenters. The van der Waals surface area contributed by atoms with Gasteiger partial charge in [-0.2, -0.15) is 0 Å². The predicted molar refractivity (Wildman–Crippen MR) is 157 cm³/mol. The van der Waals surface area contributed by atoms with Gasteiger partial charge in [-0.3, -0.25) is 4.57 Å². The Labute approximate surface area is 224 Å². The third-order valence-electron chi connectivity index (χ3n) is 8.65. The lowest BCUT2D eigenvalue weighted by Crippen LogP contribution is -2.45. The van der Waals surface area contributed by atoms with E-state index in [-0.39, 0.29) is 23.4 Å². The lowest BCUT2D eigenvalue weighted by molar-refractivity contribution is 0.0744. The van der Waals surface area contributed by atoms with Crippen molar-refractivity contribution in [2.45, 2.75) is 135 Å². The quantitative estimate of drug-likeness (QED) is 0.0809. The Morgan fingerprint density at radius 3 is 2.25 bits per heavy atom. The zero-order valence-electron chi connectivity index (χ0n) is 25.1. The van der Waals surface area contributed by atoms with E-state index in [0.29, 0.717) is 24.2 Å². The van der Waals surface area contributed by atoms with Crippen LogP contribution in [0.25, 0.3) is 0 Å². The molecule has 0 aliphatic heterocycles. The van der Waals surface area contributed by atoms with Gasteiger partial charge in [0.25, 0.3) is 0 Å². The van der Waals surface area contributed by atoms with Crippen molar-refractivity contribution in [1.29, 1.82) is 0 Å². The topological polar surface area (TPSA) is 65.0 Å². The van der Waals surface area contributed by atoms with Gasteiger partial charge in [-0.25, -0.2) is 0 Å². The van der Waals surface area contributed by atoms with E-state index in [0.717, 1.165) is 44.9 Å². The summed E-state index contributed by atoms with van der Waals surface area (Å²) in [5.74, 6) is 0.749. The van der Waals surface area contributed by atoms with Crippen molar-refractivity contribution in [2.75, 3.05) is 26.5 Å². The number of ether oxygens (including phenoxy) is 2. The van der Waals surface area contributed by atoms with Gasteiger partial charge in [0, 0.05) is 32.5 Å². The normalized spacial score (nSPS) is 25.9. The summed E-state index contributed by atoms with van der Waals surface area (Å²) in [5.41, 5.74) is 0. The maximum absolute atomic E-state index is 11.9. The molecule has 0 aromatic carbocycles. The fourth-order valence-corrected chi connectivity index (χ4v) is 7.48. The average Bonchev–Trinajstić information content (AvgIpc) is 3.13. The van der Waals surface area contributed by atoms with Crippen LogP contribution in [0.2, 0.25) is 18.1 Å². The van der Waals surface area contributed by atoms with Crippen LogP contribution < -0.4 is 0 Å². The molecular weight excluding hydrogens is 487 g/mol. The Morgan fingerprint density at radius 2 is 1.69 bits per heavy atom. The molecule has 0 spiro atoms. The summed E-state index contributed by atoms with van der Waals surface area (Å²) in [4.78, 5) is 9.86. The second kappa shape index (κ2) is 16.2. The first-order valence-corrected chi connectivity index (χ1v) is 19.5. The standard InChI is InChI=1S/C29H59O5PSi/c1-10-12-15-18-24(32-6)20-21-26-25(19-16-13-14-17-22-35(30,31)11-2)28(23-27(26)33-7)34-36(8,9)29(3,4)5/h20-21,24-28H,10-19,22-23H2,1-9H3,(H,30,31)/b21-20+/t24-,25+,26+,27+,28?/m0/s1. The zero-order chi connectivity index (χ0) is 27.4. The van der Waals surface area contributed by atoms with Crippen LogP contribution in [-0.2, 0) is 18.5 Å². The van der Waals surface area contributed by atoms with Crippen LogP contribution in [0, 0.1) is 11.8 Å². The Balaban J connectivity index is 2.94. The molecule has 0 radical (unpaired) electrons. The lowest BCUT2D eigenvalue weighted by Gasteiger charge is -2.40. The van der Waals surface area contributed by atoms with E-state index in [1.54, 1.807) is 6.92 Å². The molecule has 0 saturated heterocycles. The highest BCUT2D eigenvalue weighted by atomic mass is 31.2. The molecule has 0 heterocycles. The maximum atomic E-state index is 11.9. The molecule has 7 heteroatoms. The smallest absolute Gasteiger partial charge is 0.200 e. The number of hydrogen-bond acceptors (Lipinski definition) is 4. The summed E-state index contributed by atoms with van der Waals surface area (Å²) in [5, 5.41) is 0.173. The number of unbranched alkanes of at least 4 members (excludes halogenated alkanes) is 5. The fourth-order valence-electron chi connectivity index (χ4n) is 5.06. The fraction of sp³-hybridized carbons (Fsp3) is 0.931. The van der Waals surface area contributed by atoms with Gasteiger partial charge in [0.1, 0.15) is 0 Å². The van der Waals surface area contributed by atoms with Crippen LogP contribution in [0.4, 0.5) is 0 Å². The zero-order valence-corrected chi connectivity index (χ0v) is 26.9. The Hall–Kier alpha value is 0.0269. The molecule has 0 aromatic heterocycles. The van der Waals surface area contributed by atoms with E-state index in [4.69, 9.17) is 13.9 Å². The largest absolute Gasteiger partial charge is 0.414 e. The molecular formula is C29H59O5PSi. The molecule has 5 nitrogen and oxygen atoms in total. The van der Waals surface area contributed by atoms with Gasteiger partial charge in [0.05, 0.1) is 18.3 Å². The number of methoxy groups -OCH3 is 2. The van der Waals surface area contributed by atoms with E-state index in [1.807, 2.05) is 14.2 Å². The van der Waals surface area contributed by atoms with Gasteiger partial charge in [-0.15, -0.1) is 0 Å². The molecule has 1 N–H and O–H groups in total. The highest BCUT2D eigenvalue weighted by Crippen LogP contribution is 2.45. The van der Waals surface area contributed by atoms with E-state index in [9.17, 15) is 9.46 Å². The molecule has 1 fully saturated rings. The summed E-state index contributed by atoms with van der Waals surface area (Å²) in [6, 6.07) is 0. The molecule has 1 aliphatic carbocycles. The highest BCUT2D eigenvalue weighted by Gasteiger charge is 2.47. The van der Waals surface area contributed by atoms with Crippen molar-refractivity contribution in [1.82, 2.24) is 0 Å². The summed E-state index contributed by atoms with van der Waals surface area (Å²) in [6.45, 7) is 15.7. The van der Waals surface area contributed by atoms with Gasteiger partial charge >= 0.3 is 0 Å². The van der Waals surface area contributed by atoms with Crippen LogP contribution >= 0.6 is 7.37 Å². The Morgan fingerprint density at radius 1 is 1.03 bits per heavy atom. The second-order valence-electron chi connectivity index (χ2n) is 12.4. The first kappa shape index (κ1) is 34.1. The van der Waals surface area contributed by atoms with Crippen molar-refractivity contribution in [3.63, 3.8) is 0 Å². The molecule has 1 saturated carbocycles. The molecule has 2 unspecified atom stereocenters. The predicted octanol–water partition coefficient (Wildman–Crippen LogP) is 8.42.